The predicted molar refractivity (Wildman–Crippen MR) is 74.1 cm³/mol. The van der Waals surface area contributed by atoms with Gasteiger partial charge in [-0.2, -0.15) is 0 Å². The number of hydrogen-bond donors (Lipinski definition) is 2. The fourth-order valence-electron chi connectivity index (χ4n) is 2.09. The number of benzene rings is 1. The topological polar surface area (TPSA) is 50.4 Å². The van der Waals surface area contributed by atoms with Crippen LogP contribution in [0.4, 0.5) is 0 Å². The van der Waals surface area contributed by atoms with Crippen molar-refractivity contribution in [3.05, 3.63) is 28.2 Å². The number of nitrogens with one attached hydrogen (secondary N) is 2. The zero-order valence-corrected chi connectivity index (χ0v) is 11.9. The first-order valence-corrected chi connectivity index (χ1v) is 6.85. The van der Waals surface area contributed by atoms with Gasteiger partial charge in [-0.3, -0.25) is 4.79 Å². The minimum Gasteiger partial charge on any atom is -0.496 e. The van der Waals surface area contributed by atoms with Crippen LogP contribution in [0.15, 0.2) is 22.7 Å². The number of halogens is 1. The maximum absolute atomic E-state index is 12.1. The van der Waals surface area contributed by atoms with Crippen molar-refractivity contribution >= 4 is 21.8 Å². The van der Waals surface area contributed by atoms with Gasteiger partial charge >= 0.3 is 0 Å². The summed E-state index contributed by atoms with van der Waals surface area (Å²) in [6, 6.07) is 5.80. The van der Waals surface area contributed by atoms with Crippen LogP contribution in [0, 0.1) is 0 Å². The lowest BCUT2D eigenvalue weighted by Crippen LogP contribution is -2.37. The van der Waals surface area contributed by atoms with E-state index >= 15 is 0 Å². The molecule has 1 aromatic rings. The highest BCUT2D eigenvalue weighted by Crippen LogP contribution is 2.23. The summed E-state index contributed by atoms with van der Waals surface area (Å²) >= 11 is 3.36. The smallest absolute Gasteiger partial charge is 0.255 e. The first-order valence-electron chi connectivity index (χ1n) is 6.06. The van der Waals surface area contributed by atoms with Crippen molar-refractivity contribution < 1.29 is 9.53 Å². The number of hydrogen-bond acceptors (Lipinski definition) is 3. The van der Waals surface area contributed by atoms with Crippen molar-refractivity contribution in [2.45, 2.75) is 18.9 Å². The fraction of sp³-hybridized carbons (Fsp3) is 0.462. The van der Waals surface area contributed by atoms with E-state index in [1.165, 1.54) is 6.42 Å². The Balaban J connectivity index is 1.99. The Morgan fingerprint density at radius 1 is 1.61 bits per heavy atom. The zero-order valence-electron chi connectivity index (χ0n) is 10.3. The predicted octanol–water partition coefficient (Wildman–Crippen LogP) is 1.94. The van der Waals surface area contributed by atoms with Gasteiger partial charge in [-0.15, -0.1) is 0 Å². The highest BCUT2D eigenvalue weighted by atomic mass is 79.9. The van der Waals surface area contributed by atoms with Gasteiger partial charge in [-0.25, -0.2) is 0 Å². The Bertz CT molecular complexity index is 431. The maximum atomic E-state index is 12.1. The maximum Gasteiger partial charge on any atom is 0.255 e. The molecular weight excluding hydrogens is 296 g/mol. The van der Waals surface area contributed by atoms with Crippen LogP contribution in [0.3, 0.4) is 0 Å². The molecule has 5 heteroatoms. The van der Waals surface area contributed by atoms with Gasteiger partial charge < -0.3 is 15.4 Å². The van der Waals surface area contributed by atoms with E-state index in [4.69, 9.17) is 4.74 Å². The molecule has 18 heavy (non-hydrogen) atoms. The van der Waals surface area contributed by atoms with Crippen molar-refractivity contribution in [1.29, 1.82) is 0 Å². The van der Waals surface area contributed by atoms with Crippen LogP contribution >= 0.6 is 15.9 Å². The molecule has 0 aromatic heterocycles. The van der Waals surface area contributed by atoms with Crippen LogP contribution in [-0.2, 0) is 0 Å². The molecule has 2 rings (SSSR count). The van der Waals surface area contributed by atoms with Gasteiger partial charge in [0.25, 0.3) is 5.91 Å². The monoisotopic (exact) mass is 312 g/mol. The molecule has 0 bridgehead atoms. The minimum absolute atomic E-state index is 0.0898. The second-order valence-electron chi connectivity index (χ2n) is 4.35. The van der Waals surface area contributed by atoms with Gasteiger partial charge in [-0.05, 0) is 37.6 Å². The first-order chi connectivity index (χ1) is 8.70. The molecule has 1 fully saturated rings. The zero-order chi connectivity index (χ0) is 13.0. The molecule has 0 spiro atoms. The van der Waals surface area contributed by atoms with Gasteiger partial charge in [-0.1, -0.05) is 15.9 Å². The van der Waals surface area contributed by atoms with Crippen LogP contribution < -0.4 is 15.4 Å². The molecule has 4 nitrogen and oxygen atoms in total. The van der Waals surface area contributed by atoms with Crippen LogP contribution in [0.2, 0.25) is 0 Å². The molecule has 1 heterocycles. The van der Waals surface area contributed by atoms with Gasteiger partial charge in [0.05, 0.1) is 12.7 Å². The Morgan fingerprint density at radius 3 is 3.11 bits per heavy atom. The number of rotatable bonds is 4. The molecule has 0 aliphatic carbocycles. The van der Waals surface area contributed by atoms with E-state index in [2.05, 4.69) is 26.6 Å². The van der Waals surface area contributed by atoms with Crippen molar-refractivity contribution in [3.8, 4) is 5.75 Å². The molecule has 1 amide bonds. The number of amides is 1. The lowest BCUT2D eigenvalue weighted by Gasteiger charge is -2.13. The molecule has 1 unspecified atom stereocenters. The number of ether oxygens (including phenoxy) is 1. The first kappa shape index (κ1) is 13.4. The molecule has 1 aliphatic heterocycles. The second kappa shape index (κ2) is 6.20. The minimum atomic E-state index is -0.0898. The number of carbonyl (C=O) groups excluding carboxylic acids is 1. The third-order valence-corrected chi connectivity index (χ3v) is 3.57. The van der Waals surface area contributed by atoms with E-state index in [1.807, 2.05) is 6.07 Å². The quantitative estimate of drug-likeness (QED) is 0.893. The summed E-state index contributed by atoms with van der Waals surface area (Å²) in [5, 5.41) is 6.29. The molecule has 2 N–H and O–H groups in total. The summed E-state index contributed by atoms with van der Waals surface area (Å²) in [5.74, 6) is 0.495. The van der Waals surface area contributed by atoms with E-state index in [1.54, 1.807) is 19.2 Å². The summed E-state index contributed by atoms with van der Waals surface area (Å²) < 4.78 is 6.11. The normalized spacial score (nSPS) is 18.7. The summed E-state index contributed by atoms with van der Waals surface area (Å²) in [6.45, 7) is 1.71. The Hall–Kier alpha value is -1.07. The Kier molecular flexibility index (Phi) is 4.60. The van der Waals surface area contributed by atoms with Crippen LogP contribution in [0.25, 0.3) is 0 Å². The highest BCUT2D eigenvalue weighted by Gasteiger charge is 2.17. The molecule has 0 saturated carbocycles. The molecule has 1 aliphatic rings. The van der Waals surface area contributed by atoms with E-state index < -0.39 is 0 Å². The Morgan fingerprint density at radius 2 is 2.44 bits per heavy atom. The van der Waals surface area contributed by atoms with E-state index in [0.717, 1.165) is 17.4 Å². The lowest BCUT2D eigenvalue weighted by atomic mass is 10.1. The van der Waals surface area contributed by atoms with Crippen molar-refractivity contribution in [3.63, 3.8) is 0 Å². The molecule has 1 atom stereocenters. The summed E-state index contributed by atoms with van der Waals surface area (Å²) in [4.78, 5) is 12.1. The third-order valence-electron chi connectivity index (χ3n) is 3.08. The SMILES string of the molecule is COc1cc(Br)ccc1C(=O)NCC1CCCN1. The van der Waals surface area contributed by atoms with E-state index in [-0.39, 0.29) is 5.91 Å². The average molecular weight is 313 g/mol. The van der Waals surface area contributed by atoms with Crippen LogP contribution in [0.1, 0.15) is 23.2 Å². The summed E-state index contributed by atoms with van der Waals surface area (Å²) in [6.07, 6.45) is 2.31. The fourth-order valence-corrected chi connectivity index (χ4v) is 2.43. The van der Waals surface area contributed by atoms with Gasteiger partial charge in [0, 0.05) is 17.1 Å². The van der Waals surface area contributed by atoms with E-state index in [0.29, 0.717) is 23.9 Å². The average Bonchev–Trinajstić information content (AvgIpc) is 2.88. The van der Waals surface area contributed by atoms with Crippen molar-refractivity contribution in [1.82, 2.24) is 10.6 Å². The van der Waals surface area contributed by atoms with Crippen molar-refractivity contribution in [2.24, 2.45) is 0 Å². The highest BCUT2D eigenvalue weighted by molar-refractivity contribution is 9.10. The van der Waals surface area contributed by atoms with Crippen molar-refractivity contribution in [2.75, 3.05) is 20.2 Å². The molecule has 0 radical (unpaired) electrons. The van der Waals surface area contributed by atoms with Crippen LogP contribution in [-0.4, -0.2) is 32.1 Å². The largest absolute Gasteiger partial charge is 0.496 e. The summed E-state index contributed by atoms with van der Waals surface area (Å²) in [7, 11) is 1.57. The molecule has 1 aromatic carbocycles. The van der Waals surface area contributed by atoms with Gasteiger partial charge in [0.15, 0.2) is 0 Å². The third kappa shape index (κ3) is 3.23. The van der Waals surface area contributed by atoms with Crippen LogP contribution in [0.5, 0.6) is 5.75 Å². The number of carbonyl (C=O) groups is 1. The Labute approximate surface area is 115 Å². The van der Waals surface area contributed by atoms with E-state index in [9.17, 15) is 4.79 Å². The van der Waals surface area contributed by atoms with Gasteiger partial charge in [0.1, 0.15) is 5.75 Å². The lowest BCUT2D eigenvalue weighted by molar-refractivity contribution is 0.0947. The molecule has 98 valence electrons. The second-order valence-corrected chi connectivity index (χ2v) is 5.26. The number of methoxy groups -OCH3 is 1. The standard InChI is InChI=1S/C13H17BrN2O2/c1-18-12-7-9(14)4-5-11(12)13(17)16-8-10-3-2-6-15-10/h4-5,7,10,15H,2-3,6,8H2,1H3,(H,16,17). The molecule has 1 saturated heterocycles. The van der Waals surface area contributed by atoms with Gasteiger partial charge in [0.2, 0.25) is 0 Å². The molecular formula is C13H17BrN2O2. The summed E-state index contributed by atoms with van der Waals surface area (Å²) in [5.41, 5.74) is 0.568.